The third-order valence-electron chi connectivity index (χ3n) is 3.65. The van der Waals surface area contributed by atoms with Crippen LogP contribution in [0.4, 0.5) is 10.1 Å². The molecule has 0 aliphatic carbocycles. The standard InChI is InChI=1S/C14H21FN2/c1-11-9-17(10-12(11)2)7-6-16-14-5-3-4-13(15)8-14/h3-5,8,11-12,16H,6-7,9-10H2,1-2H3. The number of likely N-dealkylation sites (tertiary alicyclic amines) is 1. The molecule has 94 valence electrons. The molecule has 2 nitrogen and oxygen atoms in total. The third-order valence-corrected chi connectivity index (χ3v) is 3.65. The van der Waals surface area contributed by atoms with Crippen molar-refractivity contribution in [2.45, 2.75) is 13.8 Å². The predicted molar refractivity (Wildman–Crippen MR) is 69.7 cm³/mol. The second-order valence-electron chi connectivity index (χ2n) is 5.15. The van der Waals surface area contributed by atoms with E-state index in [1.54, 1.807) is 6.07 Å². The number of anilines is 1. The maximum Gasteiger partial charge on any atom is 0.125 e. The molecule has 0 aromatic heterocycles. The Balaban J connectivity index is 1.73. The van der Waals surface area contributed by atoms with Gasteiger partial charge >= 0.3 is 0 Å². The van der Waals surface area contributed by atoms with Gasteiger partial charge in [-0.05, 0) is 30.0 Å². The smallest absolute Gasteiger partial charge is 0.125 e. The van der Waals surface area contributed by atoms with Gasteiger partial charge in [0.1, 0.15) is 5.82 Å². The number of hydrogen-bond acceptors (Lipinski definition) is 2. The van der Waals surface area contributed by atoms with E-state index in [2.05, 4.69) is 24.1 Å². The molecular formula is C14H21FN2. The first kappa shape index (κ1) is 12.4. The van der Waals surface area contributed by atoms with Crippen LogP contribution in [0.1, 0.15) is 13.8 Å². The zero-order valence-corrected chi connectivity index (χ0v) is 10.6. The van der Waals surface area contributed by atoms with Crippen molar-refractivity contribution in [3.05, 3.63) is 30.1 Å². The number of nitrogens with zero attached hydrogens (tertiary/aromatic N) is 1. The van der Waals surface area contributed by atoms with Gasteiger partial charge in [0.05, 0.1) is 0 Å². The van der Waals surface area contributed by atoms with Crippen molar-refractivity contribution in [3.63, 3.8) is 0 Å². The Hall–Kier alpha value is -1.09. The average Bonchev–Trinajstić information content (AvgIpc) is 2.58. The molecule has 1 saturated heterocycles. The minimum atomic E-state index is -0.182. The van der Waals surface area contributed by atoms with Gasteiger partial charge in [0.15, 0.2) is 0 Å². The van der Waals surface area contributed by atoms with Crippen molar-refractivity contribution in [1.82, 2.24) is 4.90 Å². The molecule has 1 aromatic carbocycles. The summed E-state index contributed by atoms with van der Waals surface area (Å²) in [7, 11) is 0. The van der Waals surface area contributed by atoms with E-state index in [0.717, 1.165) is 30.6 Å². The molecule has 0 saturated carbocycles. The summed E-state index contributed by atoms with van der Waals surface area (Å²) in [4.78, 5) is 2.47. The van der Waals surface area contributed by atoms with Crippen LogP contribution in [0, 0.1) is 17.7 Å². The lowest BCUT2D eigenvalue weighted by molar-refractivity contribution is 0.337. The van der Waals surface area contributed by atoms with Gasteiger partial charge < -0.3 is 10.2 Å². The molecule has 0 amide bonds. The summed E-state index contributed by atoms with van der Waals surface area (Å²) in [5.41, 5.74) is 0.866. The first-order chi connectivity index (χ1) is 8.15. The highest BCUT2D eigenvalue weighted by Gasteiger charge is 2.25. The SMILES string of the molecule is CC1CN(CCNc2cccc(F)c2)CC1C. The molecule has 0 radical (unpaired) electrons. The Morgan fingerprint density at radius 1 is 1.29 bits per heavy atom. The normalized spacial score (nSPS) is 25.1. The van der Waals surface area contributed by atoms with Gasteiger partial charge in [-0.3, -0.25) is 0 Å². The molecule has 1 N–H and O–H groups in total. The number of nitrogens with one attached hydrogen (secondary N) is 1. The van der Waals surface area contributed by atoms with Gasteiger partial charge in [-0.2, -0.15) is 0 Å². The van der Waals surface area contributed by atoms with Gasteiger partial charge in [0, 0.05) is 31.9 Å². The second-order valence-corrected chi connectivity index (χ2v) is 5.15. The second kappa shape index (κ2) is 5.50. The third kappa shape index (κ3) is 3.43. The minimum Gasteiger partial charge on any atom is -0.384 e. The fourth-order valence-corrected chi connectivity index (χ4v) is 2.39. The molecule has 0 spiro atoms. The predicted octanol–water partition coefficient (Wildman–Crippen LogP) is 2.83. The molecule has 1 aliphatic heterocycles. The molecule has 2 atom stereocenters. The van der Waals surface area contributed by atoms with E-state index in [9.17, 15) is 4.39 Å². The number of hydrogen-bond donors (Lipinski definition) is 1. The van der Waals surface area contributed by atoms with Gasteiger partial charge in [-0.25, -0.2) is 4.39 Å². The highest BCUT2D eigenvalue weighted by Crippen LogP contribution is 2.21. The van der Waals surface area contributed by atoms with E-state index in [1.165, 1.54) is 25.2 Å². The minimum absolute atomic E-state index is 0.182. The summed E-state index contributed by atoms with van der Waals surface area (Å²) in [6.07, 6.45) is 0. The van der Waals surface area contributed by atoms with E-state index < -0.39 is 0 Å². The summed E-state index contributed by atoms with van der Waals surface area (Å²) in [6.45, 7) is 8.90. The van der Waals surface area contributed by atoms with Crippen LogP contribution in [0.5, 0.6) is 0 Å². The van der Waals surface area contributed by atoms with E-state index in [-0.39, 0.29) is 5.82 Å². The van der Waals surface area contributed by atoms with Crippen molar-refractivity contribution < 1.29 is 4.39 Å². The summed E-state index contributed by atoms with van der Waals surface area (Å²) >= 11 is 0. The Morgan fingerprint density at radius 3 is 2.65 bits per heavy atom. The summed E-state index contributed by atoms with van der Waals surface area (Å²) in [5.74, 6) is 1.41. The van der Waals surface area contributed by atoms with Crippen LogP contribution in [-0.2, 0) is 0 Å². The summed E-state index contributed by atoms with van der Waals surface area (Å²) in [5, 5.41) is 3.26. The highest BCUT2D eigenvalue weighted by molar-refractivity contribution is 5.42. The van der Waals surface area contributed by atoms with Crippen molar-refractivity contribution >= 4 is 5.69 Å². The van der Waals surface area contributed by atoms with Crippen molar-refractivity contribution in [2.75, 3.05) is 31.5 Å². The van der Waals surface area contributed by atoms with Crippen LogP contribution in [0.2, 0.25) is 0 Å². The zero-order valence-electron chi connectivity index (χ0n) is 10.6. The van der Waals surface area contributed by atoms with E-state index in [0.29, 0.717) is 0 Å². The maximum atomic E-state index is 12.9. The van der Waals surface area contributed by atoms with E-state index in [4.69, 9.17) is 0 Å². The Kier molecular flexibility index (Phi) is 4.00. The summed E-state index contributed by atoms with van der Waals surface area (Å²) < 4.78 is 12.9. The van der Waals surface area contributed by atoms with Crippen molar-refractivity contribution in [2.24, 2.45) is 11.8 Å². The lowest BCUT2D eigenvalue weighted by Gasteiger charge is -2.16. The first-order valence-electron chi connectivity index (χ1n) is 6.37. The highest BCUT2D eigenvalue weighted by atomic mass is 19.1. The number of halogens is 1. The van der Waals surface area contributed by atoms with Crippen LogP contribution in [0.15, 0.2) is 24.3 Å². The molecule has 1 fully saturated rings. The average molecular weight is 236 g/mol. The molecular weight excluding hydrogens is 215 g/mol. The molecule has 0 bridgehead atoms. The fraction of sp³-hybridized carbons (Fsp3) is 0.571. The zero-order chi connectivity index (χ0) is 12.3. The Labute approximate surface area is 103 Å². The molecule has 1 aromatic rings. The number of benzene rings is 1. The summed E-state index contributed by atoms with van der Waals surface area (Å²) in [6, 6.07) is 6.64. The lowest BCUT2D eigenvalue weighted by atomic mass is 10.0. The Bertz CT molecular complexity index is 357. The lowest BCUT2D eigenvalue weighted by Crippen LogP contribution is -2.27. The Morgan fingerprint density at radius 2 is 2.00 bits per heavy atom. The van der Waals surface area contributed by atoms with Crippen LogP contribution < -0.4 is 5.32 Å². The van der Waals surface area contributed by atoms with E-state index in [1.807, 2.05) is 6.07 Å². The van der Waals surface area contributed by atoms with Crippen molar-refractivity contribution in [1.29, 1.82) is 0 Å². The molecule has 2 unspecified atom stereocenters. The van der Waals surface area contributed by atoms with Gasteiger partial charge in [-0.15, -0.1) is 0 Å². The molecule has 17 heavy (non-hydrogen) atoms. The van der Waals surface area contributed by atoms with Crippen LogP contribution in [0.3, 0.4) is 0 Å². The van der Waals surface area contributed by atoms with Crippen molar-refractivity contribution in [3.8, 4) is 0 Å². The van der Waals surface area contributed by atoms with Gasteiger partial charge in [-0.1, -0.05) is 19.9 Å². The van der Waals surface area contributed by atoms with Gasteiger partial charge in [0.2, 0.25) is 0 Å². The molecule has 2 rings (SSSR count). The largest absolute Gasteiger partial charge is 0.384 e. The molecule has 1 heterocycles. The fourth-order valence-electron chi connectivity index (χ4n) is 2.39. The van der Waals surface area contributed by atoms with Crippen LogP contribution in [0.25, 0.3) is 0 Å². The molecule has 3 heteroatoms. The quantitative estimate of drug-likeness (QED) is 0.864. The van der Waals surface area contributed by atoms with E-state index >= 15 is 0 Å². The van der Waals surface area contributed by atoms with Crippen LogP contribution >= 0.6 is 0 Å². The number of rotatable bonds is 4. The topological polar surface area (TPSA) is 15.3 Å². The van der Waals surface area contributed by atoms with Crippen LogP contribution in [-0.4, -0.2) is 31.1 Å². The first-order valence-corrected chi connectivity index (χ1v) is 6.37. The van der Waals surface area contributed by atoms with Gasteiger partial charge in [0.25, 0.3) is 0 Å². The molecule has 1 aliphatic rings. The monoisotopic (exact) mass is 236 g/mol. The maximum absolute atomic E-state index is 12.9.